The van der Waals surface area contributed by atoms with Crippen molar-refractivity contribution in [1.29, 1.82) is 0 Å². The van der Waals surface area contributed by atoms with Crippen LogP contribution in [0.25, 0.3) is 0 Å². The van der Waals surface area contributed by atoms with E-state index in [0.717, 1.165) is 0 Å². The average molecular weight is 252 g/mol. The van der Waals surface area contributed by atoms with E-state index in [1.807, 2.05) is 6.92 Å². The lowest BCUT2D eigenvalue weighted by atomic mass is 10.1. The minimum Gasteiger partial charge on any atom is -0.349 e. The molecule has 0 aliphatic heterocycles. The highest BCUT2D eigenvalue weighted by Gasteiger charge is 2.11. The van der Waals surface area contributed by atoms with Crippen LogP contribution in [-0.4, -0.2) is 12.5 Å². The quantitative estimate of drug-likeness (QED) is 0.332. The minimum absolute atomic E-state index is 0.201. The van der Waals surface area contributed by atoms with E-state index >= 15 is 0 Å². The predicted octanol–water partition coefficient (Wildman–Crippen LogP) is 1.95. The third-order valence-corrected chi connectivity index (χ3v) is 2.48. The van der Waals surface area contributed by atoms with E-state index in [2.05, 4.69) is 29.6 Å². The molecule has 1 aromatic rings. The number of aliphatic imine (C=N–C) groups is 1. The van der Waals surface area contributed by atoms with Gasteiger partial charge in [-0.2, -0.15) is 0 Å². The molecule has 1 rings (SSSR count). The zero-order valence-corrected chi connectivity index (χ0v) is 11.1. The lowest BCUT2D eigenvalue weighted by molar-refractivity contribution is 0.573. The van der Waals surface area contributed by atoms with Gasteiger partial charge in [0.25, 0.3) is 0 Å². The smallest absolute Gasteiger partial charge is 0.206 e. The molecule has 1 atom stereocenters. The number of rotatable bonds is 4. The second kappa shape index (κ2) is 6.96. The third-order valence-electron chi connectivity index (χ3n) is 2.48. The van der Waals surface area contributed by atoms with Crippen molar-refractivity contribution in [2.75, 3.05) is 6.54 Å². The van der Waals surface area contributed by atoms with Crippen LogP contribution in [0.3, 0.4) is 0 Å². The van der Waals surface area contributed by atoms with Crippen molar-refractivity contribution >= 4 is 5.96 Å². The summed E-state index contributed by atoms with van der Waals surface area (Å²) in [7, 11) is 0. The number of hydrogen-bond donors (Lipinski definition) is 3. The molecule has 0 saturated heterocycles. The molecule has 0 fully saturated rings. The second-order valence-corrected chi connectivity index (χ2v) is 4.62. The van der Waals surface area contributed by atoms with Gasteiger partial charge in [-0.3, -0.25) is 10.4 Å². The van der Waals surface area contributed by atoms with Crippen molar-refractivity contribution in [3.63, 3.8) is 0 Å². The Labute approximate surface area is 107 Å². The summed E-state index contributed by atoms with van der Waals surface area (Å²) in [6.45, 7) is 6.66. The van der Waals surface area contributed by atoms with E-state index in [-0.39, 0.29) is 11.9 Å². The molecule has 5 heteroatoms. The highest BCUT2D eigenvalue weighted by atomic mass is 19.1. The third kappa shape index (κ3) is 4.33. The van der Waals surface area contributed by atoms with Crippen LogP contribution in [0.1, 0.15) is 32.4 Å². The molecular weight excluding hydrogens is 231 g/mol. The van der Waals surface area contributed by atoms with Crippen LogP contribution in [0.15, 0.2) is 29.3 Å². The first kappa shape index (κ1) is 14.4. The Morgan fingerprint density at radius 1 is 1.33 bits per heavy atom. The normalized spacial score (nSPS) is 13.6. The van der Waals surface area contributed by atoms with Crippen molar-refractivity contribution in [3.05, 3.63) is 35.6 Å². The van der Waals surface area contributed by atoms with Gasteiger partial charge < -0.3 is 5.32 Å². The number of nitrogens with zero attached hydrogens (tertiary/aromatic N) is 1. The van der Waals surface area contributed by atoms with Crippen molar-refractivity contribution in [1.82, 2.24) is 10.7 Å². The lowest BCUT2D eigenvalue weighted by Crippen LogP contribution is -2.43. The lowest BCUT2D eigenvalue weighted by Gasteiger charge is -2.17. The summed E-state index contributed by atoms with van der Waals surface area (Å²) in [5.41, 5.74) is 3.08. The number of benzene rings is 1. The molecular formula is C13H21FN4. The highest BCUT2D eigenvalue weighted by Crippen LogP contribution is 2.15. The van der Waals surface area contributed by atoms with Crippen LogP contribution in [0, 0.1) is 11.7 Å². The summed E-state index contributed by atoms with van der Waals surface area (Å²) in [5.74, 6) is 6.06. The number of nitrogens with one attached hydrogen (secondary N) is 2. The molecule has 18 heavy (non-hydrogen) atoms. The molecule has 0 aromatic heterocycles. The number of nitrogens with two attached hydrogens (primary N) is 1. The summed E-state index contributed by atoms with van der Waals surface area (Å²) < 4.78 is 13.6. The number of hydrogen-bond acceptors (Lipinski definition) is 2. The van der Waals surface area contributed by atoms with Crippen molar-refractivity contribution < 1.29 is 4.39 Å². The van der Waals surface area contributed by atoms with Gasteiger partial charge >= 0.3 is 0 Å². The van der Waals surface area contributed by atoms with Crippen LogP contribution >= 0.6 is 0 Å². The molecule has 0 aliphatic carbocycles. The molecule has 4 nitrogen and oxygen atoms in total. The van der Waals surface area contributed by atoms with Gasteiger partial charge in [0, 0.05) is 12.1 Å². The fourth-order valence-corrected chi connectivity index (χ4v) is 1.52. The monoisotopic (exact) mass is 252 g/mol. The molecule has 1 unspecified atom stereocenters. The van der Waals surface area contributed by atoms with Gasteiger partial charge in [0.2, 0.25) is 5.96 Å². The molecule has 0 bridgehead atoms. The van der Waals surface area contributed by atoms with Gasteiger partial charge in [0.15, 0.2) is 0 Å². The maximum absolute atomic E-state index is 13.6. The van der Waals surface area contributed by atoms with Gasteiger partial charge in [-0.15, -0.1) is 0 Å². The Morgan fingerprint density at radius 2 is 2.00 bits per heavy atom. The zero-order valence-electron chi connectivity index (χ0n) is 11.1. The Bertz CT molecular complexity index is 404. The van der Waals surface area contributed by atoms with Gasteiger partial charge in [-0.05, 0) is 18.9 Å². The number of hydrazine groups is 1. The van der Waals surface area contributed by atoms with E-state index in [1.54, 1.807) is 18.2 Å². The molecule has 100 valence electrons. The fraction of sp³-hybridized carbons (Fsp3) is 0.462. The first-order valence-electron chi connectivity index (χ1n) is 6.06. The van der Waals surface area contributed by atoms with E-state index in [4.69, 9.17) is 5.84 Å². The van der Waals surface area contributed by atoms with E-state index < -0.39 is 0 Å². The van der Waals surface area contributed by atoms with Crippen molar-refractivity contribution in [2.45, 2.75) is 26.8 Å². The molecule has 0 saturated carbocycles. The molecule has 4 N–H and O–H groups in total. The number of halogens is 1. The van der Waals surface area contributed by atoms with E-state index in [1.165, 1.54) is 6.07 Å². The van der Waals surface area contributed by atoms with Gasteiger partial charge in [0.1, 0.15) is 5.82 Å². The largest absolute Gasteiger partial charge is 0.349 e. The van der Waals surface area contributed by atoms with Crippen LogP contribution in [-0.2, 0) is 0 Å². The maximum atomic E-state index is 13.6. The summed E-state index contributed by atoms with van der Waals surface area (Å²) in [4.78, 5) is 4.28. The van der Waals surface area contributed by atoms with Crippen LogP contribution in [0.4, 0.5) is 4.39 Å². The maximum Gasteiger partial charge on any atom is 0.206 e. The predicted molar refractivity (Wildman–Crippen MR) is 72.4 cm³/mol. The van der Waals surface area contributed by atoms with Gasteiger partial charge in [-0.1, -0.05) is 32.0 Å². The topological polar surface area (TPSA) is 62.4 Å². The molecule has 0 radical (unpaired) electrons. The Morgan fingerprint density at radius 3 is 2.56 bits per heavy atom. The average Bonchev–Trinajstić information content (AvgIpc) is 2.34. The van der Waals surface area contributed by atoms with Crippen molar-refractivity contribution in [3.8, 4) is 0 Å². The minimum atomic E-state index is -0.238. The molecule has 0 spiro atoms. The fourth-order valence-electron chi connectivity index (χ4n) is 1.52. The first-order valence-corrected chi connectivity index (χ1v) is 6.06. The SMILES string of the molecule is CC(C)CN=C(NN)NC(C)c1ccccc1F. The van der Waals surface area contributed by atoms with Gasteiger partial charge in [0.05, 0.1) is 6.04 Å². The summed E-state index contributed by atoms with van der Waals surface area (Å²) in [5, 5.41) is 3.05. The molecule has 1 aromatic carbocycles. The summed E-state index contributed by atoms with van der Waals surface area (Å²) in [6, 6.07) is 6.45. The zero-order chi connectivity index (χ0) is 13.5. The Hall–Kier alpha value is -1.62. The van der Waals surface area contributed by atoms with Gasteiger partial charge in [-0.25, -0.2) is 10.2 Å². The first-order chi connectivity index (χ1) is 8.54. The Balaban J connectivity index is 2.71. The van der Waals surface area contributed by atoms with Crippen LogP contribution in [0.2, 0.25) is 0 Å². The molecule has 0 aliphatic rings. The molecule has 0 amide bonds. The van der Waals surface area contributed by atoms with Crippen molar-refractivity contribution in [2.24, 2.45) is 16.8 Å². The van der Waals surface area contributed by atoms with E-state index in [9.17, 15) is 4.39 Å². The summed E-state index contributed by atoms with van der Waals surface area (Å²) in [6.07, 6.45) is 0. The number of guanidine groups is 1. The second-order valence-electron chi connectivity index (χ2n) is 4.62. The Kier molecular flexibility index (Phi) is 5.58. The molecule has 0 heterocycles. The summed E-state index contributed by atoms with van der Waals surface area (Å²) >= 11 is 0. The standard InChI is InChI=1S/C13H21FN4/c1-9(2)8-16-13(18-15)17-10(3)11-6-4-5-7-12(11)14/h4-7,9-10H,8,15H2,1-3H3,(H2,16,17,18). The van der Waals surface area contributed by atoms with Crippen LogP contribution in [0.5, 0.6) is 0 Å². The highest BCUT2D eigenvalue weighted by molar-refractivity contribution is 5.79. The van der Waals surface area contributed by atoms with Crippen LogP contribution < -0.4 is 16.6 Å². The van der Waals surface area contributed by atoms with E-state index in [0.29, 0.717) is 24.0 Å².